The highest BCUT2D eigenvalue weighted by Crippen LogP contribution is 2.18. The zero-order chi connectivity index (χ0) is 9.80. The van der Waals surface area contributed by atoms with Crippen molar-refractivity contribution >= 4 is 0 Å². The Morgan fingerprint density at radius 2 is 2.50 bits per heavy atom. The molecule has 2 heterocycles. The molecule has 2 unspecified atom stereocenters. The minimum absolute atomic E-state index is 0.168. The third-order valence-corrected chi connectivity index (χ3v) is 2.82. The molecular formula is C11H17NO2. The second-order valence-electron chi connectivity index (χ2n) is 3.92. The van der Waals surface area contributed by atoms with E-state index in [0.29, 0.717) is 5.92 Å². The van der Waals surface area contributed by atoms with Gasteiger partial charge < -0.3 is 14.9 Å². The monoisotopic (exact) mass is 195 g/mol. The van der Waals surface area contributed by atoms with E-state index in [1.54, 1.807) is 6.26 Å². The fourth-order valence-corrected chi connectivity index (χ4v) is 1.93. The first-order valence-corrected chi connectivity index (χ1v) is 5.22. The summed E-state index contributed by atoms with van der Waals surface area (Å²) in [5, 5.41) is 0. The van der Waals surface area contributed by atoms with Gasteiger partial charge in [-0.25, -0.2) is 0 Å². The van der Waals surface area contributed by atoms with Gasteiger partial charge >= 0.3 is 0 Å². The summed E-state index contributed by atoms with van der Waals surface area (Å²) in [5.41, 5.74) is 6.10. The maximum atomic E-state index is 6.10. The number of furan rings is 1. The lowest BCUT2D eigenvalue weighted by Crippen LogP contribution is -2.37. The number of nitrogens with two attached hydrogens (primary N) is 1. The van der Waals surface area contributed by atoms with Crippen LogP contribution in [-0.4, -0.2) is 19.3 Å². The summed E-state index contributed by atoms with van der Waals surface area (Å²) in [7, 11) is 0. The van der Waals surface area contributed by atoms with E-state index < -0.39 is 0 Å². The van der Waals surface area contributed by atoms with Crippen LogP contribution in [0.2, 0.25) is 0 Å². The molecule has 0 saturated carbocycles. The predicted octanol–water partition coefficient (Wildman–Crippen LogP) is 1.58. The summed E-state index contributed by atoms with van der Waals surface area (Å²) < 4.78 is 10.7. The molecule has 14 heavy (non-hydrogen) atoms. The van der Waals surface area contributed by atoms with Crippen LogP contribution in [0.25, 0.3) is 0 Å². The molecule has 1 aliphatic heterocycles. The number of hydrogen-bond donors (Lipinski definition) is 1. The molecule has 1 aromatic heterocycles. The van der Waals surface area contributed by atoms with E-state index in [9.17, 15) is 0 Å². The normalized spacial score (nSPS) is 24.8. The van der Waals surface area contributed by atoms with Crippen molar-refractivity contribution in [3.63, 3.8) is 0 Å². The zero-order valence-electron chi connectivity index (χ0n) is 8.32. The zero-order valence-corrected chi connectivity index (χ0v) is 8.32. The van der Waals surface area contributed by atoms with E-state index in [4.69, 9.17) is 14.9 Å². The van der Waals surface area contributed by atoms with Crippen molar-refractivity contribution in [2.24, 2.45) is 11.7 Å². The van der Waals surface area contributed by atoms with Gasteiger partial charge in [0, 0.05) is 19.1 Å². The molecule has 2 N–H and O–H groups in total. The highest BCUT2D eigenvalue weighted by Gasteiger charge is 2.21. The Bertz CT molecular complexity index is 252. The van der Waals surface area contributed by atoms with Crippen LogP contribution in [0.3, 0.4) is 0 Å². The molecule has 3 nitrogen and oxygen atoms in total. The molecule has 1 saturated heterocycles. The standard InChI is InChI=1S/C11H17NO2/c12-11(7-10-4-2-6-14-10)9-3-1-5-13-8-9/h2,4,6,9,11H,1,3,5,7-8,12H2. The third kappa shape index (κ3) is 2.36. The van der Waals surface area contributed by atoms with Crippen LogP contribution in [0.4, 0.5) is 0 Å². The maximum absolute atomic E-state index is 6.10. The molecule has 1 fully saturated rings. The Balaban J connectivity index is 1.85. The summed E-state index contributed by atoms with van der Waals surface area (Å²) in [6.45, 7) is 1.70. The summed E-state index contributed by atoms with van der Waals surface area (Å²) in [4.78, 5) is 0. The summed E-state index contributed by atoms with van der Waals surface area (Å²) in [5.74, 6) is 1.47. The Hall–Kier alpha value is -0.800. The Morgan fingerprint density at radius 1 is 1.57 bits per heavy atom. The van der Waals surface area contributed by atoms with Crippen LogP contribution in [0.1, 0.15) is 18.6 Å². The van der Waals surface area contributed by atoms with Crippen molar-refractivity contribution in [1.29, 1.82) is 0 Å². The van der Waals surface area contributed by atoms with Crippen molar-refractivity contribution < 1.29 is 9.15 Å². The van der Waals surface area contributed by atoms with Gasteiger partial charge in [0.05, 0.1) is 12.9 Å². The van der Waals surface area contributed by atoms with Gasteiger partial charge in [-0.1, -0.05) is 0 Å². The van der Waals surface area contributed by atoms with Crippen molar-refractivity contribution in [2.45, 2.75) is 25.3 Å². The van der Waals surface area contributed by atoms with Gasteiger partial charge in [0.2, 0.25) is 0 Å². The van der Waals surface area contributed by atoms with Crippen LogP contribution in [0.15, 0.2) is 22.8 Å². The van der Waals surface area contributed by atoms with Crippen LogP contribution < -0.4 is 5.73 Å². The molecule has 0 radical (unpaired) electrons. The molecule has 0 aromatic carbocycles. The molecule has 1 aliphatic rings. The molecular weight excluding hydrogens is 178 g/mol. The number of hydrogen-bond acceptors (Lipinski definition) is 3. The van der Waals surface area contributed by atoms with Crippen LogP contribution >= 0.6 is 0 Å². The van der Waals surface area contributed by atoms with Gasteiger partial charge in [-0.15, -0.1) is 0 Å². The minimum Gasteiger partial charge on any atom is -0.469 e. The molecule has 2 atom stereocenters. The Labute approximate surface area is 84.2 Å². The van der Waals surface area contributed by atoms with E-state index in [1.807, 2.05) is 12.1 Å². The molecule has 2 rings (SSSR count). The van der Waals surface area contributed by atoms with Crippen LogP contribution in [-0.2, 0) is 11.2 Å². The molecule has 78 valence electrons. The lowest BCUT2D eigenvalue weighted by atomic mass is 9.92. The van der Waals surface area contributed by atoms with E-state index in [-0.39, 0.29) is 6.04 Å². The average Bonchev–Trinajstić information content (AvgIpc) is 2.72. The van der Waals surface area contributed by atoms with E-state index in [0.717, 1.165) is 31.8 Å². The van der Waals surface area contributed by atoms with Crippen molar-refractivity contribution in [3.05, 3.63) is 24.2 Å². The van der Waals surface area contributed by atoms with Gasteiger partial charge in [-0.2, -0.15) is 0 Å². The first-order valence-electron chi connectivity index (χ1n) is 5.22. The highest BCUT2D eigenvalue weighted by atomic mass is 16.5. The fourth-order valence-electron chi connectivity index (χ4n) is 1.93. The molecule has 3 heteroatoms. The number of rotatable bonds is 3. The molecule has 0 amide bonds. The predicted molar refractivity (Wildman–Crippen MR) is 53.9 cm³/mol. The van der Waals surface area contributed by atoms with E-state index in [1.165, 1.54) is 6.42 Å². The lowest BCUT2D eigenvalue weighted by molar-refractivity contribution is 0.0444. The molecule has 0 spiro atoms. The molecule has 0 aliphatic carbocycles. The highest BCUT2D eigenvalue weighted by molar-refractivity contribution is 5.01. The largest absolute Gasteiger partial charge is 0.469 e. The first kappa shape index (κ1) is 9.74. The quantitative estimate of drug-likeness (QED) is 0.796. The van der Waals surface area contributed by atoms with Gasteiger partial charge in [0.15, 0.2) is 0 Å². The molecule has 1 aromatic rings. The Kier molecular flexibility index (Phi) is 3.22. The molecule has 0 bridgehead atoms. The topological polar surface area (TPSA) is 48.4 Å². The van der Waals surface area contributed by atoms with Crippen LogP contribution in [0, 0.1) is 5.92 Å². The minimum atomic E-state index is 0.168. The lowest BCUT2D eigenvalue weighted by Gasteiger charge is -2.26. The summed E-state index contributed by atoms with van der Waals surface area (Å²) in [6.07, 6.45) is 4.83. The van der Waals surface area contributed by atoms with Crippen molar-refractivity contribution in [2.75, 3.05) is 13.2 Å². The Morgan fingerprint density at radius 3 is 3.14 bits per heavy atom. The van der Waals surface area contributed by atoms with Crippen molar-refractivity contribution in [3.8, 4) is 0 Å². The van der Waals surface area contributed by atoms with Gasteiger partial charge in [-0.3, -0.25) is 0 Å². The smallest absolute Gasteiger partial charge is 0.105 e. The van der Waals surface area contributed by atoms with Gasteiger partial charge in [0.1, 0.15) is 5.76 Å². The second-order valence-corrected chi connectivity index (χ2v) is 3.92. The number of ether oxygens (including phenoxy) is 1. The maximum Gasteiger partial charge on any atom is 0.105 e. The first-order chi connectivity index (χ1) is 6.86. The van der Waals surface area contributed by atoms with Crippen molar-refractivity contribution in [1.82, 2.24) is 0 Å². The fraction of sp³-hybridized carbons (Fsp3) is 0.636. The third-order valence-electron chi connectivity index (χ3n) is 2.82. The summed E-state index contributed by atoms with van der Waals surface area (Å²) >= 11 is 0. The van der Waals surface area contributed by atoms with Crippen LogP contribution in [0.5, 0.6) is 0 Å². The average molecular weight is 195 g/mol. The van der Waals surface area contributed by atoms with E-state index in [2.05, 4.69) is 0 Å². The van der Waals surface area contributed by atoms with Gasteiger partial charge in [0.25, 0.3) is 0 Å². The van der Waals surface area contributed by atoms with E-state index >= 15 is 0 Å². The second kappa shape index (κ2) is 4.62. The SMILES string of the molecule is NC(Cc1ccco1)C1CCCOC1. The van der Waals surface area contributed by atoms with Gasteiger partial charge in [-0.05, 0) is 30.9 Å². The summed E-state index contributed by atoms with van der Waals surface area (Å²) in [6, 6.07) is 4.05.